The second kappa shape index (κ2) is 7.73. The van der Waals surface area contributed by atoms with Gasteiger partial charge in [-0.05, 0) is 57.6 Å². The van der Waals surface area contributed by atoms with Gasteiger partial charge in [-0.1, -0.05) is 35.0 Å². The van der Waals surface area contributed by atoms with Gasteiger partial charge < -0.3 is 10.6 Å². The van der Waals surface area contributed by atoms with E-state index in [4.69, 9.17) is 5.73 Å². The number of nitrogens with two attached hydrogens (primary N) is 1. The molecule has 1 fully saturated rings. The number of likely N-dealkylation sites (tertiary alicyclic amines) is 1. The predicted octanol–water partition coefficient (Wildman–Crippen LogP) is 3.25. The predicted molar refractivity (Wildman–Crippen MR) is 93.4 cm³/mol. The molecular weight excluding hydrogens is 326 g/mol. The van der Waals surface area contributed by atoms with E-state index in [1.54, 1.807) is 0 Å². The first-order valence-electron chi connectivity index (χ1n) is 7.94. The molecule has 0 spiro atoms. The maximum atomic E-state index is 6.50. The van der Waals surface area contributed by atoms with Crippen LogP contribution in [0.2, 0.25) is 0 Å². The molecule has 0 aliphatic carbocycles. The molecule has 2 N–H and O–H groups in total. The fourth-order valence-corrected chi connectivity index (χ4v) is 3.86. The second-order valence-electron chi connectivity index (χ2n) is 6.37. The van der Waals surface area contributed by atoms with Gasteiger partial charge in [0.05, 0.1) is 6.04 Å². The smallest absolute Gasteiger partial charge is 0.0502 e. The Morgan fingerprint density at radius 3 is 2.81 bits per heavy atom. The van der Waals surface area contributed by atoms with Gasteiger partial charge in [-0.3, -0.25) is 4.90 Å². The van der Waals surface area contributed by atoms with Gasteiger partial charge in [-0.25, -0.2) is 0 Å². The standard InChI is InChI=1S/C17H28BrN3/c1-4-16(19)17(13-7-5-8-14(18)11-13)21-10-6-9-15(21)12-20(2)3/h5,7-8,11,15-17H,4,6,9-10,12,19H2,1-3H3. The van der Waals surface area contributed by atoms with E-state index in [1.165, 1.54) is 18.4 Å². The molecule has 1 aliphatic rings. The number of halogens is 1. The van der Waals surface area contributed by atoms with E-state index in [2.05, 4.69) is 71.0 Å². The number of likely N-dealkylation sites (N-methyl/N-ethyl adjacent to an activating group) is 1. The molecule has 3 atom stereocenters. The number of benzene rings is 1. The fourth-order valence-electron chi connectivity index (χ4n) is 3.44. The fraction of sp³-hybridized carbons (Fsp3) is 0.647. The third kappa shape index (κ3) is 4.28. The van der Waals surface area contributed by atoms with Crippen molar-refractivity contribution < 1.29 is 0 Å². The van der Waals surface area contributed by atoms with Crippen molar-refractivity contribution in [1.29, 1.82) is 0 Å². The van der Waals surface area contributed by atoms with Gasteiger partial charge in [0.2, 0.25) is 0 Å². The van der Waals surface area contributed by atoms with Crippen LogP contribution >= 0.6 is 15.9 Å². The van der Waals surface area contributed by atoms with E-state index < -0.39 is 0 Å². The molecule has 1 aromatic rings. The molecule has 4 heteroatoms. The maximum absolute atomic E-state index is 6.50. The molecule has 1 aliphatic heterocycles. The summed E-state index contributed by atoms with van der Waals surface area (Å²) in [5, 5.41) is 0. The molecule has 0 amide bonds. The molecule has 2 rings (SSSR count). The van der Waals surface area contributed by atoms with Gasteiger partial charge in [0, 0.05) is 23.1 Å². The molecule has 0 radical (unpaired) electrons. The van der Waals surface area contributed by atoms with Crippen LogP contribution in [0, 0.1) is 0 Å². The van der Waals surface area contributed by atoms with Crippen molar-refractivity contribution in [2.45, 2.75) is 44.3 Å². The van der Waals surface area contributed by atoms with Crippen LogP contribution in [-0.2, 0) is 0 Å². The van der Waals surface area contributed by atoms with Gasteiger partial charge in [-0.2, -0.15) is 0 Å². The maximum Gasteiger partial charge on any atom is 0.0502 e. The molecule has 118 valence electrons. The van der Waals surface area contributed by atoms with Crippen LogP contribution < -0.4 is 5.73 Å². The number of nitrogens with zero attached hydrogens (tertiary/aromatic N) is 2. The first kappa shape index (κ1) is 16.9. The topological polar surface area (TPSA) is 32.5 Å². The summed E-state index contributed by atoms with van der Waals surface area (Å²) in [6.45, 7) is 4.46. The average molecular weight is 354 g/mol. The largest absolute Gasteiger partial charge is 0.326 e. The van der Waals surface area contributed by atoms with Crippen molar-refractivity contribution >= 4 is 15.9 Å². The van der Waals surface area contributed by atoms with Crippen LogP contribution in [0.1, 0.15) is 37.8 Å². The zero-order valence-corrected chi connectivity index (χ0v) is 15.0. The molecule has 3 unspecified atom stereocenters. The Balaban J connectivity index is 2.27. The van der Waals surface area contributed by atoms with Gasteiger partial charge in [0.1, 0.15) is 0 Å². The number of hydrogen-bond acceptors (Lipinski definition) is 3. The SMILES string of the molecule is CCC(N)C(c1cccc(Br)c1)N1CCCC1CN(C)C. The summed E-state index contributed by atoms with van der Waals surface area (Å²) in [6.07, 6.45) is 3.56. The first-order chi connectivity index (χ1) is 10.0. The van der Waals surface area contributed by atoms with Gasteiger partial charge in [0.25, 0.3) is 0 Å². The highest BCUT2D eigenvalue weighted by Gasteiger charge is 2.34. The minimum absolute atomic E-state index is 0.182. The molecular formula is C17H28BrN3. The summed E-state index contributed by atoms with van der Waals surface area (Å²) in [6, 6.07) is 9.76. The molecule has 0 saturated carbocycles. The van der Waals surface area contributed by atoms with Crippen LogP contribution in [-0.4, -0.2) is 49.1 Å². The summed E-state index contributed by atoms with van der Waals surface area (Å²) < 4.78 is 1.14. The summed E-state index contributed by atoms with van der Waals surface area (Å²) in [5.41, 5.74) is 7.84. The van der Waals surface area contributed by atoms with Gasteiger partial charge >= 0.3 is 0 Å². The Bertz CT molecular complexity index is 449. The van der Waals surface area contributed by atoms with E-state index in [-0.39, 0.29) is 6.04 Å². The summed E-state index contributed by atoms with van der Waals surface area (Å²) in [7, 11) is 4.31. The highest BCUT2D eigenvalue weighted by Crippen LogP contribution is 2.33. The van der Waals surface area contributed by atoms with Crippen LogP contribution in [0.5, 0.6) is 0 Å². The first-order valence-corrected chi connectivity index (χ1v) is 8.73. The van der Waals surface area contributed by atoms with Gasteiger partial charge in [0.15, 0.2) is 0 Å². The zero-order chi connectivity index (χ0) is 15.4. The lowest BCUT2D eigenvalue weighted by Gasteiger charge is -2.38. The average Bonchev–Trinajstić information content (AvgIpc) is 2.86. The van der Waals surface area contributed by atoms with Gasteiger partial charge in [-0.15, -0.1) is 0 Å². The van der Waals surface area contributed by atoms with E-state index in [0.29, 0.717) is 12.1 Å². The molecule has 3 nitrogen and oxygen atoms in total. The van der Waals surface area contributed by atoms with E-state index >= 15 is 0 Å². The third-order valence-electron chi connectivity index (χ3n) is 4.42. The van der Waals surface area contributed by atoms with E-state index in [9.17, 15) is 0 Å². The van der Waals surface area contributed by atoms with E-state index in [1.807, 2.05) is 0 Å². The Hall–Kier alpha value is -0.420. The van der Waals surface area contributed by atoms with Crippen LogP contribution in [0.4, 0.5) is 0 Å². The summed E-state index contributed by atoms with van der Waals surface area (Å²) in [4.78, 5) is 4.92. The van der Waals surface area contributed by atoms with Crippen LogP contribution in [0.25, 0.3) is 0 Å². The Labute approximate surface area is 137 Å². The Morgan fingerprint density at radius 2 is 2.19 bits per heavy atom. The highest BCUT2D eigenvalue weighted by molar-refractivity contribution is 9.10. The van der Waals surface area contributed by atoms with Crippen molar-refractivity contribution in [2.24, 2.45) is 5.73 Å². The second-order valence-corrected chi connectivity index (χ2v) is 7.28. The summed E-state index contributed by atoms with van der Waals surface area (Å²) >= 11 is 3.60. The third-order valence-corrected chi connectivity index (χ3v) is 4.92. The lowest BCUT2D eigenvalue weighted by Crippen LogP contribution is -2.46. The van der Waals surface area contributed by atoms with Crippen molar-refractivity contribution in [3.8, 4) is 0 Å². The van der Waals surface area contributed by atoms with E-state index in [0.717, 1.165) is 24.0 Å². The van der Waals surface area contributed by atoms with Crippen molar-refractivity contribution in [2.75, 3.05) is 27.2 Å². The molecule has 21 heavy (non-hydrogen) atoms. The number of hydrogen-bond donors (Lipinski definition) is 1. The summed E-state index contributed by atoms with van der Waals surface area (Å²) in [5.74, 6) is 0. The van der Waals surface area contributed by atoms with Crippen LogP contribution in [0.3, 0.4) is 0 Å². The molecule has 1 heterocycles. The van der Waals surface area contributed by atoms with Crippen molar-refractivity contribution in [1.82, 2.24) is 9.80 Å². The quantitative estimate of drug-likeness (QED) is 0.851. The van der Waals surface area contributed by atoms with Crippen LogP contribution in [0.15, 0.2) is 28.7 Å². The molecule has 0 aromatic heterocycles. The van der Waals surface area contributed by atoms with Crippen molar-refractivity contribution in [3.63, 3.8) is 0 Å². The van der Waals surface area contributed by atoms with Crippen molar-refractivity contribution in [3.05, 3.63) is 34.3 Å². The number of rotatable bonds is 6. The monoisotopic (exact) mass is 353 g/mol. The Kier molecular flexibility index (Phi) is 6.23. The normalized spacial score (nSPS) is 22.7. The molecule has 0 bridgehead atoms. The lowest BCUT2D eigenvalue weighted by molar-refractivity contribution is 0.132. The minimum Gasteiger partial charge on any atom is -0.326 e. The molecule has 1 saturated heterocycles. The zero-order valence-electron chi connectivity index (χ0n) is 13.4. The lowest BCUT2D eigenvalue weighted by atomic mass is 9.95. The minimum atomic E-state index is 0.182. The highest BCUT2D eigenvalue weighted by atomic mass is 79.9. The molecule has 1 aromatic carbocycles. The Morgan fingerprint density at radius 1 is 1.43 bits per heavy atom.